The summed E-state index contributed by atoms with van der Waals surface area (Å²) in [6, 6.07) is 0. The molecule has 1 aliphatic carbocycles. The molecule has 1 rings (SSSR count). The van der Waals surface area contributed by atoms with E-state index < -0.39 is 0 Å². The minimum absolute atomic E-state index is 0. The van der Waals surface area contributed by atoms with Crippen LogP contribution in [0.4, 0.5) is 0 Å². The third-order valence-electron chi connectivity index (χ3n) is 1.43. The van der Waals surface area contributed by atoms with Crippen molar-refractivity contribution in [2.75, 3.05) is 0 Å². The van der Waals surface area contributed by atoms with Crippen molar-refractivity contribution in [2.24, 2.45) is 0 Å². The Hall–Kier alpha value is 0.584. The monoisotopic (exact) mass is 195 g/mol. The molecule has 9 heavy (non-hydrogen) atoms. The number of hydrogen-bond donors (Lipinski definition) is 0. The molecule has 0 N–H and O–H groups in total. The van der Waals surface area contributed by atoms with Gasteiger partial charge in [-0.05, 0) is 0 Å². The minimum atomic E-state index is 0. The minimum Gasteiger partial charge on any atom is -0.394 e. The second-order valence-corrected chi connectivity index (χ2v) is 2.08. The van der Waals surface area contributed by atoms with Crippen LogP contribution in [0.3, 0.4) is 0 Å². The second kappa shape index (κ2) is 5.38. The molecule has 0 aromatic rings. The molecular weight excluding hydrogens is 185 g/mol. The molecular formula is C8H10Y-2. The van der Waals surface area contributed by atoms with Gasteiger partial charge in [-0.3, -0.25) is 0 Å². The van der Waals surface area contributed by atoms with Crippen molar-refractivity contribution in [2.45, 2.75) is 25.7 Å². The van der Waals surface area contributed by atoms with E-state index in [4.69, 9.17) is 6.58 Å². The van der Waals surface area contributed by atoms with E-state index in [-0.39, 0.29) is 32.7 Å². The van der Waals surface area contributed by atoms with E-state index in [0.29, 0.717) is 0 Å². The van der Waals surface area contributed by atoms with Crippen molar-refractivity contribution in [3.63, 3.8) is 0 Å². The van der Waals surface area contributed by atoms with Crippen LogP contribution in [0.2, 0.25) is 0 Å². The maximum Gasteiger partial charge on any atom is 0 e. The largest absolute Gasteiger partial charge is 0.394 e. The SMILES string of the molecule is [CH-]=CC1=[C-]CCCC1.[Y]. The number of allylic oxidation sites excluding steroid dienone is 3. The van der Waals surface area contributed by atoms with Gasteiger partial charge in [-0.25, -0.2) is 0 Å². The van der Waals surface area contributed by atoms with E-state index in [9.17, 15) is 0 Å². The molecule has 0 atom stereocenters. The summed E-state index contributed by atoms with van der Waals surface area (Å²) >= 11 is 0. The van der Waals surface area contributed by atoms with E-state index >= 15 is 0 Å². The smallest absolute Gasteiger partial charge is 0 e. The van der Waals surface area contributed by atoms with Crippen molar-refractivity contribution in [3.05, 3.63) is 24.3 Å². The molecule has 0 fully saturated rings. The first-order chi connectivity index (χ1) is 3.93. The van der Waals surface area contributed by atoms with Crippen LogP contribution < -0.4 is 0 Å². The molecule has 0 nitrogen and oxygen atoms in total. The van der Waals surface area contributed by atoms with Crippen LogP contribution in [0.1, 0.15) is 25.7 Å². The molecule has 0 bridgehead atoms. The van der Waals surface area contributed by atoms with Gasteiger partial charge in [0.05, 0.1) is 0 Å². The molecule has 0 unspecified atom stereocenters. The van der Waals surface area contributed by atoms with Gasteiger partial charge in [0.1, 0.15) is 0 Å². The van der Waals surface area contributed by atoms with Crippen LogP contribution in [-0.2, 0) is 32.7 Å². The van der Waals surface area contributed by atoms with Gasteiger partial charge < -0.3 is 24.3 Å². The van der Waals surface area contributed by atoms with Crippen LogP contribution in [0.25, 0.3) is 0 Å². The number of hydrogen-bond acceptors (Lipinski definition) is 0. The molecule has 0 aromatic carbocycles. The van der Waals surface area contributed by atoms with Crippen LogP contribution in [-0.4, -0.2) is 0 Å². The fraction of sp³-hybridized carbons (Fsp3) is 0.500. The van der Waals surface area contributed by atoms with Crippen LogP contribution in [0.15, 0.2) is 11.6 Å². The van der Waals surface area contributed by atoms with Crippen LogP contribution >= 0.6 is 0 Å². The van der Waals surface area contributed by atoms with Crippen molar-refractivity contribution >= 4 is 0 Å². The first kappa shape index (κ1) is 9.58. The summed E-state index contributed by atoms with van der Waals surface area (Å²) in [6.45, 7) is 5.28. The summed E-state index contributed by atoms with van der Waals surface area (Å²) in [7, 11) is 0. The third-order valence-corrected chi connectivity index (χ3v) is 1.43. The van der Waals surface area contributed by atoms with Gasteiger partial charge in [0.25, 0.3) is 0 Å². The fourth-order valence-electron chi connectivity index (χ4n) is 0.920. The summed E-state index contributed by atoms with van der Waals surface area (Å²) in [4.78, 5) is 0. The van der Waals surface area contributed by atoms with Crippen LogP contribution in [0.5, 0.6) is 0 Å². The van der Waals surface area contributed by atoms with E-state index in [2.05, 4.69) is 6.08 Å². The Morgan fingerprint density at radius 3 is 2.56 bits per heavy atom. The predicted molar refractivity (Wildman–Crippen MR) is 34.1 cm³/mol. The first-order valence-corrected chi connectivity index (χ1v) is 3.08. The topological polar surface area (TPSA) is 0 Å². The Labute approximate surface area is 82.3 Å². The summed E-state index contributed by atoms with van der Waals surface area (Å²) < 4.78 is 0. The maximum atomic E-state index is 5.28. The standard InChI is InChI=1S/C8H10.Y/c1-2-8-6-4-3-5-7-8;/h1-2H,3-6H2;/q-2;. The Bertz CT molecular complexity index is 114. The number of rotatable bonds is 1. The van der Waals surface area contributed by atoms with Gasteiger partial charge in [-0.2, -0.15) is 0 Å². The molecule has 1 heteroatoms. The van der Waals surface area contributed by atoms with E-state index in [0.717, 1.165) is 12.8 Å². The van der Waals surface area contributed by atoms with Gasteiger partial charge in [0.15, 0.2) is 0 Å². The molecule has 47 valence electrons. The molecule has 0 aliphatic heterocycles. The van der Waals surface area contributed by atoms with Gasteiger partial charge in [-0.1, -0.05) is 12.8 Å². The van der Waals surface area contributed by atoms with Gasteiger partial charge in [0, 0.05) is 32.7 Å². The Kier molecular flexibility index (Phi) is 5.72. The van der Waals surface area contributed by atoms with Crippen molar-refractivity contribution < 1.29 is 32.7 Å². The fourth-order valence-corrected chi connectivity index (χ4v) is 0.920. The van der Waals surface area contributed by atoms with Crippen molar-refractivity contribution in [3.8, 4) is 0 Å². The quantitative estimate of drug-likeness (QED) is 0.563. The summed E-state index contributed by atoms with van der Waals surface area (Å²) in [5.41, 5.74) is 1.20. The summed E-state index contributed by atoms with van der Waals surface area (Å²) in [5, 5.41) is 0. The molecule has 1 aliphatic rings. The molecule has 0 aromatic heterocycles. The van der Waals surface area contributed by atoms with Gasteiger partial charge >= 0.3 is 0 Å². The van der Waals surface area contributed by atoms with Gasteiger partial charge in [0.2, 0.25) is 0 Å². The van der Waals surface area contributed by atoms with Crippen LogP contribution in [0, 0.1) is 12.7 Å². The Morgan fingerprint density at radius 1 is 1.44 bits per heavy atom. The zero-order chi connectivity index (χ0) is 5.82. The maximum absolute atomic E-state index is 5.28. The van der Waals surface area contributed by atoms with Crippen molar-refractivity contribution in [1.29, 1.82) is 0 Å². The normalized spacial score (nSPS) is 17.6. The zero-order valence-corrected chi connectivity index (χ0v) is 8.40. The summed E-state index contributed by atoms with van der Waals surface area (Å²) in [5.74, 6) is 0. The zero-order valence-electron chi connectivity index (χ0n) is 5.56. The predicted octanol–water partition coefficient (Wildman–Crippen LogP) is 2.28. The summed E-state index contributed by atoms with van der Waals surface area (Å²) in [6.07, 6.45) is 9.68. The first-order valence-electron chi connectivity index (χ1n) is 3.08. The molecule has 0 saturated carbocycles. The van der Waals surface area contributed by atoms with E-state index in [1.165, 1.54) is 18.4 Å². The average molecular weight is 195 g/mol. The van der Waals surface area contributed by atoms with Crippen molar-refractivity contribution in [1.82, 2.24) is 0 Å². The Morgan fingerprint density at radius 2 is 2.22 bits per heavy atom. The second-order valence-electron chi connectivity index (χ2n) is 2.08. The molecule has 1 radical (unpaired) electrons. The van der Waals surface area contributed by atoms with E-state index in [1.807, 2.05) is 0 Å². The van der Waals surface area contributed by atoms with E-state index in [1.54, 1.807) is 6.08 Å². The third kappa shape index (κ3) is 3.32. The average Bonchev–Trinajstić information content (AvgIpc) is 1.90. The molecule has 0 heterocycles. The Balaban J connectivity index is 0.000000640. The van der Waals surface area contributed by atoms with Gasteiger partial charge in [-0.15, -0.1) is 12.8 Å². The molecule has 0 spiro atoms. The molecule has 0 amide bonds. The molecule has 0 saturated heterocycles.